The first-order valence-electron chi connectivity index (χ1n) is 8.68. The lowest BCUT2D eigenvalue weighted by molar-refractivity contribution is -0.0239. The van der Waals surface area contributed by atoms with Gasteiger partial charge in [0.15, 0.2) is 5.82 Å². The fraction of sp³-hybridized carbons (Fsp3) is 0.556. The topological polar surface area (TPSA) is 41.5 Å². The number of hydrogen-bond donors (Lipinski definition) is 0. The third-order valence-corrected chi connectivity index (χ3v) is 5.75. The molecule has 2 fully saturated rings. The minimum Gasteiger partial charge on any atom is -0.375 e. The molecule has 0 aromatic carbocycles. The number of piperidine rings is 1. The van der Waals surface area contributed by atoms with Gasteiger partial charge >= 0.3 is 0 Å². The number of anilines is 1. The van der Waals surface area contributed by atoms with Crippen molar-refractivity contribution in [2.24, 2.45) is 5.92 Å². The molecule has 2 aromatic rings. The van der Waals surface area contributed by atoms with Crippen LogP contribution in [0.1, 0.15) is 17.7 Å². The van der Waals surface area contributed by atoms with Crippen LogP contribution in [-0.2, 0) is 11.3 Å². The number of fused-ring (bicyclic) bond motifs is 1. The zero-order valence-corrected chi connectivity index (χ0v) is 14.9. The van der Waals surface area contributed by atoms with Crippen LogP contribution in [0, 0.1) is 12.8 Å². The molecule has 2 aliphatic heterocycles. The average molecular weight is 344 g/mol. The molecule has 0 aliphatic carbocycles. The van der Waals surface area contributed by atoms with E-state index in [9.17, 15) is 0 Å². The van der Waals surface area contributed by atoms with Crippen LogP contribution in [0.4, 0.5) is 5.82 Å². The minimum atomic E-state index is 0.334. The van der Waals surface area contributed by atoms with E-state index in [2.05, 4.69) is 42.9 Å². The van der Waals surface area contributed by atoms with E-state index in [4.69, 9.17) is 4.74 Å². The van der Waals surface area contributed by atoms with Gasteiger partial charge in [0.05, 0.1) is 18.4 Å². The number of likely N-dealkylation sites (tertiary alicyclic amines) is 1. The van der Waals surface area contributed by atoms with Crippen molar-refractivity contribution in [1.29, 1.82) is 0 Å². The summed E-state index contributed by atoms with van der Waals surface area (Å²) in [7, 11) is 0. The Hall–Kier alpha value is -1.50. The summed E-state index contributed by atoms with van der Waals surface area (Å²) in [5.41, 5.74) is 2.38. The molecule has 0 saturated carbocycles. The van der Waals surface area contributed by atoms with Crippen LogP contribution >= 0.6 is 11.3 Å². The van der Waals surface area contributed by atoms with Gasteiger partial charge in [-0.3, -0.25) is 4.90 Å². The molecule has 24 heavy (non-hydrogen) atoms. The highest BCUT2D eigenvalue weighted by Crippen LogP contribution is 2.27. The predicted molar refractivity (Wildman–Crippen MR) is 96.4 cm³/mol. The van der Waals surface area contributed by atoms with Crippen LogP contribution in [0.3, 0.4) is 0 Å². The molecule has 0 N–H and O–H groups in total. The summed E-state index contributed by atoms with van der Waals surface area (Å²) in [5, 5.41) is 13.0. The predicted octanol–water partition coefficient (Wildman–Crippen LogP) is 2.57. The molecule has 128 valence electrons. The van der Waals surface area contributed by atoms with E-state index in [1.54, 1.807) is 11.3 Å². The van der Waals surface area contributed by atoms with Crippen LogP contribution in [0.5, 0.6) is 0 Å². The summed E-state index contributed by atoms with van der Waals surface area (Å²) in [6.07, 6.45) is 1.52. The van der Waals surface area contributed by atoms with E-state index < -0.39 is 0 Å². The summed E-state index contributed by atoms with van der Waals surface area (Å²) < 4.78 is 6.20. The molecule has 5 nitrogen and oxygen atoms in total. The van der Waals surface area contributed by atoms with E-state index in [-0.39, 0.29) is 0 Å². The Balaban J connectivity index is 1.40. The number of aromatic nitrogens is 2. The van der Waals surface area contributed by atoms with Gasteiger partial charge in [-0.05, 0) is 54.4 Å². The van der Waals surface area contributed by atoms with Crippen molar-refractivity contribution < 1.29 is 4.74 Å². The quantitative estimate of drug-likeness (QED) is 0.856. The molecular formula is C18H24N4OS. The van der Waals surface area contributed by atoms with Crippen molar-refractivity contribution in [1.82, 2.24) is 15.1 Å². The van der Waals surface area contributed by atoms with Crippen molar-refractivity contribution in [3.05, 3.63) is 40.2 Å². The third kappa shape index (κ3) is 3.61. The summed E-state index contributed by atoms with van der Waals surface area (Å²) in [6, 6.07) is 6.34. The summed E-state index contributed by atoms with van der Waals surface area (Å²) in [6.45, 7) is 7.89. The van der Waals surface area contributed by atoms with Crippen LogP contribution in [-0.4, -0.2) is 54.0 Å². The summed E-state index contributed by atoms with van der Waals surface area (Å²) >= 11 is 1.78. The van der Waals surface area contributed by atoms with Crippen molar-refractivity contribution in [3.63, 3.8) is 0 Å². The maximum Gasteiger partial charge on any atom is 0.151 e. The maximum absolute atomic E-state index is 6.20. The van der Waals surface area contributed by atoms with Gasteiger partial charge in [-0.1, -0.05) is 0 Å². The number of aryl methyl sites for hydroxylation is 1. The summed E-state index contributed by atoms with van der Waals surface area (Å²) in [4.78, 5) is 4.87. The molecule has 0 spiro atoms. The van der Waals surface area contributed by atoms with E-state index in [0.29, 0.717) is 12.0 Å². The van der Waals surface area contributed by atoms with Crippen molar-refractivity contribution in [2.45, 2.75) is 26.0 Å². The molecule has 2 saturated heterocycles. The molecule has 4 heterocycles. The number of rotatable bonds is 3. The Kier molecular flexibility index (Phi) is 4.78. The SMILES string of the molecule is Cc1ccc(N2CCO[C@H]3CN(Cc4ccsc4)CC[C@H]3C2)nn1. The molecule has 0 bridgehead atoms. The maximum atomic E-state index is 6.20. The first kappa shape index (κ1) is 16.0. The van der Waals surface area contributed by atoms with E-state index >= 15 is 0 Å². The van der Waals surface area contributed by atoms with Gasteiger partial charge in [0.2, 0.25) is 0 Å². The van der Waals surface area contributed by atoms with Gasteiger partial charge in [0, 0.05) is 32.1 Å². The molecule has 6 heteroatoms. The first-order valence-corrected chi connectivity index (χ1v) is 9.62. The first-order chi connectivity index (χ1) is 11.8. The van der Waals surface area contributed by atoms with Gasteiger partial charge in [-0.25, -0.2) is 0 Å². The standard InChI is InChI=1S/C18H24N4OS/c1-14-2-3-18(20-19-14)22-7-8-23-17-12-21(6-4-16(17)11-22)10-15-5-9-24-13-15/h2-3,5,9,13,16-17H,4,6-8,10-12H2,1H3/t16-,17-/m0/s1. The summed E-state index contributed by atoms with van der Waals surface area (Å²) in [5.74, 6) is 1.56. The van der Waals surface area contributed by atoms with Crippen molar-refractivity contribution >= 4 is 17.2 Å². The normalized spacial score (nSPS) is 25.3. The molecule has 2 aromatic heterocycles. The Bertz CT molecular complexity index is 646. The Morgan fingerprint density at radius 3 is 2.96 bits per heavy atom. The number of hydrogen-bond acceptors (Lipinski definition) is 6. The fourth-order valence-corrected chi connectivity index (χ4v) is 4.33. The van der Waals surface area contributed by atoms with Crippen molar-refractivity contribution in [3.8, 4) is 0 Å². The molecular weight excluding hydrogens is 320 g/mol. The highest BCUT2D eigenvalue weighted by molar-refractivity contribution is 7.07. The molecule has 0 radical (unpaired) electrons. The van der Waals surface area contributed by atoms with Gasteiger partial charge < -0.3 is 9.64 Å². The Labute approximate surface area is 147 Å². The van der Waals surface area contributed by atoms with Gasteiger partial charge in [0.1, 0.15) is 0 Å². The second-order valence-corrected chi connectivity index (χ2v) is 7.58. The smallest absolute Gasteiger partial charge is 0.151 e. The molecule has 0 amide bonds. The second-order valence-electron chi connectivity index (χ2n) is 6.80. The lowest BCUT2D eigenvalue weighted by Crippen LogP contribution is -2.46. The molecule has 0 unspecified atom stereocenters. The Morgan fingerprint density at radius 2 is 2.17 bits per heavy atom. The lowest BCUT2D eigenvalue weighted by atomic mass is 9.93. The number of nitrogens with zero attached hydrogens (tertiary/aromatic N) is 4. The third-order valence-electron chi connectivity index (χ3n) is 5.02. The zero-order valence-electron chi connectivity index (χ0n) is 14.1. The Morgan fingerprint density at radius 1 is 1.21 bits per heavy atom. The van der Waals surface area contributed by atoms with E-state index in [1.807, 2.05) is 13.0 Å². The fourth-order valence-electron chi connectivity index (χ4n) is 3.67. The molecule has 4 rings (SSSR count). The second kappa shape index (κ2) is 7.17. The van der Waals surface area contributed by atoms with Gasteiger partial charge in [-0.2, -0.15) is 16.4 Å². The minimum absolute atomic E-state index is 0.334. The van der Waals surface area contributed by atoms with Gasteiger partial charge in [-0.15, -0.1) is 5.10 Å². The largest absolute Gasteiger partial charge is 0.375 e. The van der Waals surface area contributed by atoms with Crippen LogP contribution in [0.25, 0.3) is 0 Å². The van der Waals surface area contributed by atoms with Crippen LogP contribution in [0.15, 0.2) is 29.0 Å². The average Bonchev–Trinajstić information content (AvgIpc) is 3.00. The van der Waals surface area contributed by atoms with E-state index in [1.165, 1.54) is 12.0 Å². The molecule has 2 atom stereocenters. The highest BCUT2D eigenvalue weighted by Gasteiger charge is 2.33. The monoisotopic (exact) mass is 344 g/mol. The van der Waals surface area contributed by atoms with Crippen molar-refractivity contribution in [2.75, 3.05) is 37.7 Å². The van der Waals surface area contributed by atoms with Crippen LogP contribution < -0.4 is 4.90 Å². The van der Waals surface area contributed by atoms with Gasteiger partial charge in [0.25, 0.3) is 0 Å². The molecule has 2 aliphatic rings. The van der Waals surface area contributed by atoms with E-state index in [0.717, 1.165) is 50.8 Å². The zero-order chi connectivity index (χ0) is 16.4. The highest BCUT2D eigenvalue weighted by atomic mass is 32.1. The van der Waals surface area contributed by atoms with Crippen LogP contribution in [0.2, 0.25) is 0 Å². The number of ether oxygens (including phenoxy) is 1. The number of thiophene rings is 1. The lowest BCUT2D eigenvalue weighted by Gasteiger charge is -2.38.